The molecule has 1 aliphatic carbocycles. The van der Waals surface area contributed by atoms with Gasteiger partial charge in [-0.3, -0.25) is 0 Å². The van der Waals surface area contributed by atoms with Crippen LogP contribution in [0.15, 0.2) is 78.9 Å². The third kappa shape index (κ3) is 2.99. The Morgan fingerprint density at radius 3 is 1.97 bits per heavy atom. The summed E-state index contributed by atoms with van der Waals surface area (Å²) >= 11 is 0. The number of hydrogen-bond acceptors (Lipinski definition) is 1. The van der Waals surface area contributed by atoms with Crippen molar-refractivity contribution in [2.24, 2.45) is 10.8 Å². The lowest BCUT2D eigenvalue weighted by Gasteiger charge is -2.36. The third-order valence-electron chi connectivity index (χ3n) is 6.36. The molecule has 150 valence electrons. The molecule has 1 aliphatic heterocycles. The Morgan fingerprint density at radius 1 is 0.733 bits per heavy atom. The second-order valence-corrected chi connectivity index (χ2v) is 9.93. The molecular weight excluding hydrogens is 366 g/mol. The normalized spacial score (nSPS) is 18.6. The zero-order chi connectivity index (χ0) is 21.1. The second kappa shape index (κ2) is 6.43. The number of rotatable bonds is 2. The standard InChI is InChI=1S/C28H27NO/c1-27(2)17-24-23-15-14-22(16-25(23)29(30)26(24)28(3,4)18-27)21-12-10-20(11-13-21)19-8-6-5-7-9-19/h5-17H,18H2,1-4H3. The fourth-order valence-electron chi connectivity index (χ4n) is 5.40. The highest BCUT2D eigenvalue weighted by molar-refractivity contribution is 6.28. The molecule has 5 rings (SSSR count). The molecular formula is C28H27NO. The maximum atomic E-state index is 13.3. The Bertz CT molecular complexity index is 1200. The van der Waals surface area contributed by atoms with Gasteiger partial charge in [-0.1, -0.05) is 80.6 Å². The van der Waals surface area contributed by atoms with E-state index < -0.39 is 0 Å². The van der Waals surface area contributed by atoms with Crippen LogP contribution in [0.4, 0.5) is 5.69 Å². The van der Waals surface area contributed by atoms with E-state index >= 15 is 0 Å². The Hall–Kier alpha value is -3.13. The number of nitrogens with zero attached hydrogens (tertiary/aromatic N) is 1. The van der Waals surface area contributed by atoms with Gasteiger partial charge in [0, 0.05) is 6.07 Å². The Kier molecular flexibility index (Phi) is 4.05. The number of fused-ring (bicyclic) bond motifs is 3. The molecule has 0 radical (unpaired) electrons. The summed E-state index contributed by atoms with van der Waals surface area (Å²) in [5.41, 5.74) is 8.40. The lowest BCUT2D eigenvalue weighted by atomic mass is 9.65. The van der Waals surface area contributed by atoms with Gasteiger partial charge in [0.15, 0.2) is 0 Å². The molecule has 0 amide bonds. The van der Waals surface area contributed by atoms with Crippen LogP contribution in [0.2, 0.25) is 0 Å². The maximum absolute atomic E-state index is 13.3. The van der Waals surface area contributed by atoms with E-state index in [9.17, 15) is 5.21 Å². The van der Waals surface area contributed by atoms with Gasteiger partial charge in [-0.15, -0.1) is 0 Å². The van der Waals surface area contributed by atoms with Crippen LogP contribution in [0, 0.1) is 16.0 Å². The summed E-state index contributed by atoms with van der Waals surface area (Å²) < 4.78 is 1.18. The molecule has 0 unspecified atom stereocenters. The highest BCUT2D eigenvalue weighted by Gasteiger charge is 2.48. The van der Waals surface area contributed by atoms with Crippen LogP contribution in [-0.2, 0) is 0 Å². The Balaban J connectivity index is 1.57. The highest BCUT2D eigenvalue weighted by atomic mass is 16.5. The van der Waals surface area contributed by atoms with Gasteiger partial charge in [-0.25, -0.2) is 0 Å². The Morgan fingerprint density at radius 2 is 1.30 bits per heavy atom. The molecule has 0 N–H and O–H groups in total. The van der Waals surface area contributed by atoms with Crippen LogP contribution < -0.4 is 0 Å². The fraction of sp³-hybridized carbons (Fsp3) is 0.250. The van der Waals surface area contributed by atoms with Crippen LogP contribution in [-0.4, -0.2) is 10.5 Å². The summed E-state index contributed by atoms with van der Waals surface area (Å²) in [6.45, 7) is 8.90. The molecule has 2 aliphatic rings. The Labute approximate surface area is 178 Å². The van der Waals surface area contributed by atoms with E-state index in [4.69, 9.17) is 0 Å². The summed E-state index contributed by atoms with van der Waals surface area (Å²) in [5, 5.41) is 13.3. The summed E-state index contributed by atoms with van der Waals surface area (Å²) in [4.78, 5) is 0. The largest absolute Gasteiger partial charge is 0.618 e. The van der Waals surface area contributed by atoms with Crippen LogP contribution in [0.5, 0.6) is 0 Å². The molecule has 3 aromatic rings. The van der Waals surface area contributed by atoms with Crippen molar-refractivity contribution in [1.82, 2.24) is 0 Å². The molecule has 0 bridgehead atoms. The van der Waals surface area contributed by atoms with Crippen LogP contribution in [0.3, 0.4) is 0 Å². The van der Waals surface area contributed by atoms with Crippen molar-refractivity contribution in [1.29, 1.82) is 0 Å². The van der Waals surface area contributed by atoms with Gasteiger partial charge in [0.2, 0.25) is 11.4 Å². The van der Waals surface area contributed by atoms with Crippen molar-refractivity contribution < 1.29 is 4.74 Å². The molecule has 0 atom stereocenters. The topological polar surface area (TPSA) is 26.1 Å². The molecule has 3 aromatic carbocycles. The molecule has 0 aromatic heterocycles. The van der Waals surface area contributed by atoms with Crippen LogP contribution >= 0.6 is 0 Å². The molecule has 1 heterocycles. The van der Waals surface area contributed by atoms with Gasteiger partial charge < -0.3 is 5.21 Å². The smallest absolute Gasteiger partial charge is 0.225 e. The van der Waals surface area contributed by atoms with Crippen molar-refractivity contribution in [3.05, 3.63) is 89.6 Å². The van der Waals surface area contributed by atoms with Crippen molar-refractivity contribution >= 4 is 17.0 Å². The van der Waals surface area contributed by atoms with Crippen LogP contribution in [0.1, 0.15) is 39.7 Å². The van der Waals surface area contributed by atoms with E-state index in [1.807, 2.05) is 6.07 Å². The predicted octanol–water partition coefficient (Wildman–Crippen LogP) is 7.46. The predicted molar refractivity (Wildman–Crippen MR) is 126 cm³/mol. The minimum Gasteiger partial charge on any atom is -0.618 e. The molecule has 30 heavy (non-hydrogen) atoms. The monoisotopic (exact) mass is 393 g/mol. The van der Waals surface area contributed by atoms with Crippen molar-refractivity contribution in [2.45, 2.75) is 34.1 Å². The maximum Gasteiger partial charge on any atom is 0.225 e. The van der Waals surface area contributed by atoms with Gasteiger partial charge in [0.1, 0.15) is 0 Å². The number of hydrogen-bond donors (Lipinski definition) is 0. The second-order valence-electron chi connectivity index (χ2n) is 9.93. The van der Waals surface area contributed by atoms with Crippen LogP contribution in [0.25, 0.3) is 27.8 Å². The molecule has 2 heteroatoms. The van der Waals surface area contributed by atoms with E-state index in [0.717, 1.165) is 40.1 Å². The molecule has 2 nitrogen and oxygen atoms in total. The van der Waals surface area contributed by atoms with Gasteiger partial charge in [0.25, 0.3) is 0 Å². The van der Waals surface area contributed by atoms with E-state index in [0.29, 0.717) is 0 Å². The number of benzene rings is 3. The first-order valence-electron chi connectivity index (χ1n) is 10.6. The minimum absolute atomic E-state index is 0.0801. The first-order valence-corrected chi connectivity index (χ1v) is 10.6. The van der Waals surface area contributed by atoms with E-state index in [1.165, 1.54) is 15.9 Å². The van der Waals surface area contributed by atoms with Crippen molar-refractivity contribution in [3.63, 3.8) is 0 Å². The zero-order valence-electron chi connectivity index (χ0n) is 18.1. The van der Waals surface area contributed by atoms with Crippen molar-refractivity contribution in [2.75, 3.05) is 0 Å². The summed E-state index contributed by atoms with van der Waals surface area (Å²) in [5.74, 6) is 0. The van der Waals surface area contributed by atoms with E-state index in [-0.39, 0.29) is 10.8 Å². The first kappa shape index (κ1) is 18.9. The lowest BCUT2D eigenvalue weighted by Crippen LogP contribution is -2.36. The summed E-state index contributed by atoms with van der Waals surface area (Å²) in [6.07, 6.45) is 3.26. The van der Waals surface area contributed by atoms with E-state index in [1.54, 1.807) is 0 Å². The molecule has 0 saturated carbocycles. The average molecular weight is 394 g/mol. The van der Waals surface area contributed by atoms with Gasteiger partial charge in [0.05, 0.1) is 16.6 Å². The molecule has 0 saturated heterocycles. The third-order valence-corrected chi connectivity index (χ3v) is 6.36. The van der Waals surface area contributed by atoms with Crippen molar-refractivity contribution in [3.8, 4) is 22.3 Å². The highest BCUT2D eigenvalue weighted by Crippen LogP contribution is 2.51. The molecule has 0 spiro atoms. The van der Waals surface area contributed by atoms with E-state index in [2.05, 4.69) is 101 Å². The summed E-state index contributed by atoms with van der Waals surface area (Å²) in [6, 6.07) is 25.3. The average Bonchev–Trinajstić information content (AvgIpc) is 2.99. The first-order chi connectivity index (χ1) is 14.3. The summed E-state index contributed by atoms with van der Waals surface area (Å²) in [7, 11) is 0. The molecule has 0 fully saturated rings. The van der Waals surface area contributed by atoms with Gasteiger partial charge in [-0.2, -0.15) is 4.74 Å². The van der Waals surface area contributed by atoms with Gasteiger partial charge in [-0.05, 0) is 54.0 Å². The quantitative estimate of drug-likeness (QED) is 0.328. The zero-order valence-corrected chi connectivity index (χ0v) is 18.1. The SMILES string of the molecule is CC1(C)C=C2C(=[N+]([O-])c3cc(-c4ccc(-c5ccccc5)cc4)ccc32)C(C)(C)C1. The van der Waals surface area contributed by atoms with Gasteiger partial charge >= 0.3 is 0 Å². The number of allylic oxidation sites excluding steroid dienone is 2. The minimum atomic E-state index is -0.147. The fourth-order valence-corrected chi connectivity index (χ4v) is 5.40. The lowest BCUT2D eigenvalue weighted by molar-refractivity contribution is -0.361.